The van der Waals surface area contributed by atoms with Crippen molar-refractivity contribution in [2.45, 2.75) is 38.8 Å². The zero-order valence-corrected chi connectivity index (χ0v) is 18.9. The van der Waals surface area contributed by atoms with Crippen LogP contribution >= 0.6 is 0 Å². The fourth-order valence-electron chi connectivity index (χ4n) is 5.31. The lowest BCUT2D eigenvalue weighted by molar-refractivity contribution is -0.145. The molecule has 0 aliphatic carbocycles. The van der Waals surface area contributed by atoms with Crippen molar-refractivity contribution in [3.63, 3.8) is 0 Å². The monoisotopic (exact) mass is 435 g/mol. The van der Waals surface area contributed by atoms with Crippen molar-refractivity contribution in [3.05, 3.63) is 41.5 Å². The fraction of sp³-hybridized carbons (Fsp3) is 0.423. The lowest BCUT2D eigenvalue weighted by atomic mass is 9.85. The number of hydrogen-bond acceptors (Lipinski definition) is 6. The number of esters is 1. The summed E-state index contributed by atoms with van der Waals surface area (Å²) in [6, 6.07) is 10.9. The minimum Gasteiger partial charge on any atom is -0.493 e. The van der Waals surface area contributed by atoms with Crippen LogP contribution in [0.25, 0.3) is 21.5 Å². The van der Waals surface area contributed by atoms with Crippen LogP contribution in [0.3, 0.4) is 0 Å². The molecule has 0 amide bonds. The Labute approximate surface area is 188 Å². The molecule has 1 fully saturated rings. The lowest BCUT2D eigenvalue weighted by Gasteiger charge is -2.33. The molecule has 2 aliphatic heterocycles. The van der Waals surface area contributed by atoms with Crippen molar-refractivity contribution >= 4 is 27.5 Å². The zero-order valence-electron chi connectivity index (χ0n) is 18.9. The summed E-state index contributed by atoms with van der Waals surface area (Å²) in [7, 11) is 3.34. The minimum atomic E-state index is -0.366. The van der Waals surface area contributed by atoms with E-state index >= 15 is 0 Å². The van der Waals surface area contributed by atoms with E-state index in [1.54, 1.807) is 21.1 Å². The summed E-state index contributed by atoms with van der Waals surface area (Å²) in [5.74, 6) is 1.73. The highest BCUT2D eigenvalue weighted by molar-refractivity contribution is 6.12. The maximum atomic E-state index is 11.8. The van der Waals surface area contributed by atoms with E-state index in [9.17, 15) is 4.79 Å². The Balaban J connectivity index is 1.69. The predicted molar refractivity (Wildman–Crippen MR) is 124 cm³/mol. The first-order chi connectivity index (χ1) is 15.6. The molecule has 1 saturated heterocycles. The first kappa shape index (κ1) is 20.9. The van der Waals surface area contributed by atoms with Gasteiger partial charge in [0, 0.05) is 12.6 Å². The van der Waals surface area contributed by atoms with Crippen LogP contribution in [0, 0.1) is 0 Å². The van der Waals surface area contributed by atoms with Gasteiger partial charge in [-0.2, -0.15) is 0 Å². The van der Waals surface area contributed by atoms with Crippen LogP contribution in [0.5, 0.6) is 17.2 Å². The molecule has 2 aliphatic rings. The van der Waals surface area contributed by atoms with Gasteiger partial charge in [-0.05, 0) is 89.7 Å². The molecule has 5 rings (SSSR count). The van der Waals surface area contributed by atoms with Gasteiger partial charge in [-0.1, -0.05) is 6.07 Å². The summed E-state index contributed by atoms with van der Waals surface area (Å²) < 4.78 is 22.0. The molecule has 0 spiro atoms. The number of benzene rings is 3. The quantitative estimate of drug-likeness (QED) is 0.421. The molecule has 32 heavy (non-hydrogen) atoms. The average molecular weight is 436 g/mol. The van der Waals surface area contributed by atoms with Crippen molar-refractivity contribution in [1.29, 1.82) is 0 Å². The van der Waals surface area contributed by atoms with Gasteiger partial charge in [-0.25, -0.2) is 4.79 Å². The van der Waals surface area contributed by atoms with Gasteiger partial charge >= 0.3 is 5.97 Å². The van der Waals surface area contributed by atoms with E-state index in [-0.39, 0.29) is 12.6 Å². The van der Waals surface area contributed by atoms with Crippen molar-refractivity contribution in [1.82, 2.24) is 4.90 Å². The second kappa shape index (κ2) is 8.51. The molecule has 0 bridgehead atoms. The van der Waals surface area contributed by atoms with Crippen molar-refractivity contribution in [2.24, 2.45) is 0 Å². The van der Waals surface area contributed by atoms with Crippen molar-refractivity contribution in [3.8, 4) is 17.2 Å². The standard InChI is InChI=1S/C26H29NO5/c1-4-31-26(28)15-32-17-7-8-18-20(11-17)22-13-25(30-3)24(29-2)12-21(22)19-10-16-6-5-9-27(16)14-23(18)19/h7-8,11-13,16H,4-6,9-10,14-15H2,1-3H3/t16-/m1/s1. The average Bonchev–Trinajstić information content (AvgIpc) is 3.28. The van der Waals surface area contributed by atoms with Gasteiger partial charge in [0.05, 0.1) is 20.8 Å². The van der Waals surface area contributed by atoms with E-state index in [1.807, 2.05) is 12.1 Å². The summed E-state index contributed by atoms with van der Waals surface area (Å²) in [6.07, 6.45) is 3.57. The molecule has 0 N–H and O–H groups in total. The Morgan fingerprint density at radius 2 is 1.75 bits per heavy atom. The van der Waals surface area contributed by atoms with Crippen molar-refractivity contribution in [2.75, 3.05) is 34.0 Å². The van der Waals surface area contributed by atoms with Gasteiger partial charge in [-0.15, -0.1) is 0 Å². The first-order valence-corrected chi connectivity index (χ1v) is 11.3. The van der Waals surface area contributed by atoms with Crippen LogP contribution in [0.15, 0.2) is 30.3 Å². The van der Waals surface area contributed by atoms with E-state index in [4.69, 9.17) is 18.9 Å². The summed E-state index contributed by atoms with van der Waals surface area (Å²) in [5, 5.41) is 4.65. The predicted octanol–water partition coefficient (Wildman–Crippen LogP) is 4.47. The molecular weight excluding hydrogens is 406 g/mol. The second-order valence-electron chi connectivity index (χ2n) is 8.48. The Hall–Kier alpha value is -2.99. The summed E-state index contributed by atoms with van der Waals surface area (Å²) in [5.41, 5.74) is 2.80. The number of carbonyl (C=O) groups excluding carboxylic acids is 1. The van der Waals surface area contributed by atoms with E-state index in [0.717, 1.165) is 36.0 Å². The van der Waals surface area contributed by atoms with Crippen LogP contribution in [0.2, 0.25) is 0 Å². The van der Waals surface area contributed by atoms with Gasteiger partial charge in [-0.3, -0.25) is 4.90 Å². The van der Waals surface area contributed by atoms with Gasteiger partial charge in [0.2, 0.25) is 0 Å². The van der Waals surface area contributed by atoms with Crippen LogP contribution in [-0.4, -0.2) is 50.9 Å². The van der Waals surface area contributed by atoms with Gasteiger partial charge in [0.25, 0.3) is 0 Å². The largest absolute Gasteiger partial charge is 0.493 e. The molecule has 0 radical (unpaired) electrons. The number of hydrogen-bond donors (Lipinski definition) is 0. The molecule has 2 heterocycles. The maximum Gasteiger partial charge on any atom is 0.344 e. The highest BCUT2D eigenvalue weighted by Crippen LogP contribution is 2.44. The van der Waals surface area contributed by atoms with Crippen LogP contribution < -0.4 is 14.2 Å². The third-order valence-electron chi connectivity index (χ3n) is 6.78. The molecule has 6 nitrogen and oxygen atoms in total. The van der Waals surface area contributed by atoms with Crippen LogP contribution in [-0.2, 0) is 22.5 Å². The van der Waals surface area contributed by atoms with Gasteiger partial charge in [0.15, 0.2) is 18.1 Å². The van der Waals surface area contributed by atoms with E-state index < -0.39 is 0 Å². The van der Waals surface area contributed by atoms with E-state index in [0.29, 0.717) is 24.1 Å². The van der Waals surface area contributed by atoms with Gasteiger partial charge < -0.3 is 18.9 Å². The smallest absolute Gasteiger partial charge is 0.344 e. The SMILES string of the molecule is CCOC(=O)COc1ccc2c3c(c4cc(OC)c(OC)cc4c2c1)C[C@H]1CCCN1C3. The highest BCUT2D eigenvalue weighted by atomic mass is 16.6. The number of ether oxygens (including phenoxy) is 4. The molecule has 6 heteroatoms. The first-order valence-electron chi connectivity index (χ1n) is 11.3. The Bertz CT molecular complexity index is 1190. The topological polar surface area (TPSA) is 57.2 Å². The Morgan fingerprint density at radius 1 is 1.00 bits per heavy atom. The number of rotatable bonds is 6. The van der Waals surface area contributed by atoms with E-state index in [2.05, 4.69) is 23.1 Å². The molecule has 0 aromatic heterocycles. The lowest BCUT2D eigenvalue weighted by Crippen LogP contribution is -2.35. The van der Waals surface area contributed by atoms with Crippen LogP contribution in [0.1, 0.15) is 30.9 Å². The molecule has 0 unspecified atom stereocenters. The number of nitrogens with zero attached hydrogens (tertiary/aromatic N) is 1. The maximum absolute atomic E-state index is 11.8. The number of methoxy groups -OCH3 is 2. The Morgan fingerprint density at radius 3 is 2.50 bits per heavy atom. The normalized spacial score (nSPS) is 17.8. The highest BCUT2D eigenvalue weighted by Gasteiger charge is 2.32. The van der Waals surface area contributed by atoms with Crippen molar-refractivity contribution < 1.29 is 23.7 Å². The Kier molecular flexibility index (Phi) is 5.55. The number of carbonyl (C=O) groups is 1. The second-order valence-corrected chi connectivity index (χ2v) is 8.48. The molecule has 3 aromatic rings. The molecule has 168 valence electrons. The molecule has 3 aromatic carbocycles. The van der Waals surface area contributed by atoms with E-state index in [1.165, 1.54) is 34.7 Å². The molecule has 1 atom stereocenters. The van der Waals surface area contributed by atoms with Gasteiger partial charge in [0.1, 0.15) is 5.75 Å². The summed E-state index contributed by atoms with van der Waals surface area (Å²) in [6.45, 7) is 4.15. The minimum absolute atomic E-state index is 0.102. The summed E-state index contributed by atoms with van der Waals surface area (Å²) >= 11 is 0. The fourth-order valence-corrected chi connectivity index (χ4v) is 5.31. The van der Waals surface area contributed by atoms with Crippen LogP contribution in [0.4, 0.5) is 0 Å². The molecule has 0 saturated carbocycles. The third-order valence-corrected chi connectivity index (χ3v) is 6.78. The molecular formula is C26H29NO5. The zero-order chi connectivity index (χ0) is 22.2. The summed E-state index contributed by atoms with van der Waals surface area (Å²) in [4.78, 5) is 14.4. The third kappa shape index (κ3) is 3.52. The number of fused-ring (bicyclic) bond motifs is 7.